The van der Waals surface area contributed by atoms with Crippen LogP contribution >= 0.6 is 0 Å². The average Bonchev–Trinajstić information content (AvgIpc) is 2.82. The zero-order valence-electron chi connectivity index (χ0n) is 18.3. The first-order chi connectivity index (χ1) is 15.3. The number of sulfonamides is 1. The van der Waals surface area contributed by atoms with Gasteiger partial charge in [-0.2, -0.15) is 4.31 Å². The van der Waals surface area contributed by atoms with Gasteiger partial charge in [0, 0.05) is 37.3 Å². The SMILES string of the molecule is COc1cc(OC)c(OC)cc1CNc1ccc(S(=O)(=O)N2CCCCC2)cc1[N+](=O)[O-]. The predicted octanol–water partition coefficient (Wildman–Crippen LogP) is 3.41. The van der Waals surface area contributed by atoms with Gasteiger partial charge in [0.1, 0.15) is 11.4 Å². The lowest BCUT2D eigenvalue weighted by Gasteiger charge is -2.25. The van der Waals surface area contributed by atoms with Gasteiger partial charge in [-0.25, -0.2) is 8.42 Å². The second-order valence-electron chi connectivity index (χ2n) is 7.27. The molecule has 1 heterocycles. The summed E-state index contributed by atoms with van der Waals surface area (Å²) in [5, 5.41) is 14.7. The first-order valence-corrected chi connectivity index (χ1v) is 11.6. The highest BCUT2D eigenvalue weighted by Crippen LogP contribution is 2.36. The number of nitrogens with zero attached hydrogens (tertiary/aromatic N) is 2. The minimum absolute atomic E-state index is 0.0830. The Morgan fingerprint density at radius 2 is 1.59 bits per heavy atom. The molecule has 0 aliphatic carbocycles. The van der Waals surface area contributed by atoms with E-state index in [1.807, 2.05) is 0 Å². The normalized spacial score (nSPS) is 14.6. The maximum Gasteiger partial charge on any atom is 0.293 e. The van der Waals surface area contributed by atoms with Gasteiger partial charge < -0.3 is 19.5 Å². The van der Waals surface area contributed by atoms with Gasteiger partial charge in [0.15, 0.2) is 11.5 Å². The minimum Gasteiger partial charge on any atom is -0.496 e. The topological polar surface area (TPSA) is 120 Å². The highest BCUT2D eigenvalue weighted by molar-refractivity contribution is 7.89. The molecule has 174 valence electrons. The molecule has 2 aromatic carbocycles. The van der Waals surface area contributed by atoms with Crippen LogP contribution in [0.15, 0.2) is 35.2 Å². The molecule has 3 rings (SSSR count). The van der Waals surface area contributed by atoms with E-state index in [1.165, 1.54) is 37.8 Å². The zero-order chi connectivity index (χ0) is 23.3. The van der Waals surface area contributed by atoms with E-state index in [1.54, 1.807) is 12.1 Å². The third kappa shape index (κ3) is 4.89. The first kappa shape index (κ1) is 23.6. The standard InChI is InChI=1S/C21H27N3O7S/c1-29-19-13-21(31-3)20(30-2)11-15(19)14-22-17-8-7-16(12-18(17)24(25)26)32(27,28)23-9-5-4-6-10-23/h7-8,11-13,22H,4-6,9-10,14H2,1-3H3. The second kappa shape index (κ2) is 10.0. The van der Waals surface area contributed by atoms with Crippen LogP contribution in [0, 0.1) is 10.1 Å². The molecule has 32 heavy (non-hydrogen) atoms. The van der Waals surface area contributed by atoms with E-state index in [9.17, 15) is 18.5 Å². The van der Waals surface area contributed by atoms with Gasteiger partial charge in [-0.05, 0) is 31.0 Å². The van der Waals surface area contributed by atoms with E-state index in [4.69, 9.17) is 14.2 Å². The van der Waals surface area contributed by atoms with Crippen molar-refractivity contribution < 1.29 is 27.6 Å². The molecule has 0 unspecified atom stereocenters. The Hall–Kier alpha value is -3.05. The summed E-state index contributed by atoms with van der Waals surface area (Å²) in [6.07, 6.45) is 2.55. The third-order valence-corrected chi connectivity index (χ3v) is 7.27. The molecule has 1 saturated heterocycles. The van der Waals surface area contributed by atoms with Crippen LogP contribution in [-0.4, -0.2) is 52.1 Å². The number of nitrogens with one attached hydrogen (secondary N) is 1. The number of hydrogen-bond donors (Lipinski definition) is 1. The number of piperidine rings is 1. The molecule has 0 atom stereocenters. The molecule has 0 amide bonds. The molecule has 0 radical (unpaired) electrons. The number of nitro benzene ring substituents is 1. The van der Waals surface area contributed by atoms with Crippen LogP contribution in [0.4, 0.5) is 11.4 Å². The van der Waals surface area contributed by atoms with E-state index < -0.39 is 14.9 Å². The maximum absolute atomic E-state index is 12.9. The maximum atomic E-state index is 12.9. The monoisotopic (exact) mass is 465 g/mol. The summed E-state index contributed by atoms with van der Waals surface area (Å²) >= 11 is 0. The number of nitro groups is 1. The van der Waals surface area contributed by atoms with E-state index >= 15 is 0 Å². The lowest BCUT2D eigenvalue weighted by Crippen LogP contribution is -2.35. The van der Waals surface area contributed by atoms with Crippen molar-refractivity contribution in [1.29, 1.82) is 0 Å². The van der Waals surface area contributed by atoms with Gasteiger partial charge in [0.05, 0.1) is 31.1 Å². The number of ether oxygens (including phenoxy) is 3. The van der Waals surface area contributed by atoms with E-state index in [0.717, 1.165) is 25.3 Å². The molecule has 11 heteroatoms. The summed E-state index contributed by atoms with van der Waals surface area (Å²) in [4.78, 5) is 11.0. The molecule has 0 bridgehead atoms. The molecule has 1 fully saturated rings. The Labute approximate surface area is 187 Å². The minimum atomic E-state index is -3.78. The number of anilines is 1. The summed E-state index contributed by atoms with van der Waals surface area (Å²) in [5.41, 5.74) is 0.566. The molecule has 1 N–H and O–H groups in total. The van der Waals surface area contributed by atoms with Gasteiger partial charge in [-0.1, -0.05) is 6.42 Å². The highest BCUT2D eigenvalue weighted by Gasteiger charge is 2.28. The molecule has 0 saturated carbocycles. The van der Waals surface area contributed by atoms with Crippen molar-refractivity contribution in [2.45, 2.75) is 30.7 Å². The Morgan fingerprint density at radius 3 is 2.19 bits per heavy atom. The molecule has 0 spiro atoms. The Morgan fingerprint density at radius 1 is 0.969 bits per heavy atom. The van der Waals surface area contributed by atoms with E-state index in [0.29, 0.717) is 35.9 Å². The van der Waals surface area contributed by atoms with Crippen LogP contribution < -0.4 is 19.5 Å². The average molecular weight is 466 g/mol. The number of hydrogen-bond acceptors (Lipinski definition) is 8. The summed E-state index contributed by atoms with van der Waals surface area (Å²) in [6.45, 7) is 1.03. The molecular weight excluding hydrogens is 438 g/mol. The third-order valence-electron chi connectivity index (χ3n) is 5.37. The van der Waals surface area contributed by atoms with E-state index in [2.05, 4.69) is 5.32 Å². The number of rotatable bonds is 9. The summed E-state index contributed by atoms with van der Waals surface area (Å²) in [5.74, 6) is 1.50. The fraction of sp³-hybridized carbons (Fsp3) is 0.429. The van der Waals surface area contributed by atoms with Crippen LogP contribution in [-0.2, 0) is 16.6 Å². The van der Waals surface area contributed by atoms with Crippen molar-refractivity contribution in [2.75, 3.05) is 39.7 Å². The summed E-state index contributed by atoms with van der Waals surface area (Å²) in [7, 11) is 0.749. The Kier molecular flexibility index (Phi) is 7.41. The lowest BCUT2D eigenvalue weighted by molar-refractivity contribution is -0.384. The van der Waals surface area contributed by atoms with Crippen LogP contribution in [0.1, 0.15) is 24.8 Å². The van der Waals surface area contributed by atoms with Gasteiger partial charge in [-0.3, -0.25) is 10.1 Å². The molecule has 1 aliphatic heterocycles. The lowest BCUT2D eigenvalue weighted by atomic mass is 10.1. The van der Waals surface area contributed by atoms with Crippen molar-refractivity contribution in [1.82, 2.24) is 4.31 Å². The van der Waals surface area contributed by atoms with Crippen LogP contribution in [0.2, 0.25) is 0 Å². The number of methoxy groups -OCH3 is 3. The van der Waals surface area contributed by atoms with Gasteiger partial charge in [0.2, 0.25) is 10.0 Å². The summed E-state index contributed by atoms with van der Waals surface area (Å²) in [6, 6.07) is 7.30. The molecule has 10 nitrogen and oxygen atoms in total. The van der Waals surface area contributed by atoms with E-state index in [-0.39, 0.29) is 22.8 Å². The highest BCUT2D eigenvalue weighted by atomic mass is 32.2. The molecule has 2 aromatic rings. The molecular formula is C21H27N3O7S. The van der Waals surface area contributed by atoms with Crippen molar-refractivity contribution in [2.24, 2.45) is 0 Å². The Balaban J connectivity index is 1.89. The molecule has 0 aromatic heterocycles. The van der Waals surface area contributed by atoms with Crippen LogP contribution in [0.5, 0.6) is 17.2 Å². The number of benzene rings is 2. The van der Waals surface area contributed by atoms with Crippen molar-refractivity contribution in [3.8, 4) is 17.2 Å². The fourth-order valence-electron chi connectivity index (χ4n) is 3.65. The Bertz CT molecular complexity index is 1080. The van der Waals surface area contributed by atoms with Gasteiger partial charge in [0.25, 0.3) is 5.69 Å². The summed E-state index contributed by atoms with van der Waals surface area (Å²) < 4.78 is 43.2. The van der Waals surface area contributed by atoms with Gasteiger partial charge >= 0.3 is 0 Å². The van der Waals surface area contributed by atoms with Gasteiger partial charge in [-0.15, -0.1) is 0 Å². The largest absolute Gasteiger partial charge is 0.496 e. The second-order valence-corrected chi connectivity index (χ2v) is 9.21. The smallest absolute Gasteiger partial charge is 0.293 e. The van der Waals surface area contributed by atoms with Crippen LogP contribution in [0.25, 0.3) is 0 Å². The predicted molar refractivity (Wildman–Crippen MR) is 119 cm³/mol. The van der Waals surface area contributed by atoms with Crippen LogP contribution in [0.3, 0.4) is 0 Å². The zero-order valence-corrected chi connectivity index (χ0v) is 19.1. The first-order valence-electron chi connectivity index (χ1n) is 10.1. The quantitative estimate of drug-likeness (QED) is 0.442. The van der Waals surface area contributed by atoms with Crippen molar-refractivity contribution >= 4 is 21.4 Å². The van der Waals surface area contributed by atoms with Crippen molar-refractivity contribution in [3.63, 3.8) is 0 Å². The fourth-order valence-corrected chi connectivity index (χ4v) is 5.19. The molecule has 1 aliphatic rings. The van der Waals surface area contributed by atoms with Crippen molar-refractivity contribution in [3.05, 3.63) is 46.0 Å².